The van der Waals surface area contributed by atoms with Crippen molar-refractivity contribution in [1.29, 1.82) is 0 Å². The van der Waals surface area contributed by atoms with E-state index in [2.05, 4.69) is 35.1 Å². The van der Waals surface area contributed by atoms with Crippen LogP contribution in [0.1, 0.15) is 45.3 Å². The minimum Gasteiger partial charge on any atom is -0.468 e. The molecule has 0 aliphatic heterocycles. The first kappa shape index (κ1) is 12.2. The fourth-order valence-corrected chi connectivity index (χ4v) is 3.37. The molecule has 90 valence electrons. The van der Waals surface area contributed by atoms with Gasteiger partial charge < -0.3 is 9.73 Å². The molecule has 0 amide bonds. The maximum atomic E-state index is 5.63. The highest BCUT2D eigenvalue weighted by Crippen LogP contribution is 2.43. The lowest BCUT2D eigenvalue weighted by Crippen LogP contribution is -2.29. The van der Waals surface area contributed by atoms with Crippen molar-refractivity contribution in [2.75, 3.05) is 6.54 Å². The van der Waals surface area contributed by atoms with Gasteiger partial charge in [-0.1, -0.05) is 13.8 Å². The number of rotatable bonds is 4. The molecule has 2 nitrogen and oxygen atoms in total. The van der Waals surface area contributed by atoms with Crippen LogP contribution in [-0.2, 0) is 5.41 Å². The van der Waals surface area contributed by atoms with Crippen LogP contribution < -0.4 is 5.32 Å². The second-order valence-corrected chi connectivity index (χ2v) is 5.91. The number of nitrogens with one attached hydrogen (secondary N) is 1. The molecule has 1 aromatic heterocycles. The highest BCUT2D eigenvalue weighted by Gasteiger charge is 2.39. The topological polar surface area (TPSA) is 25.2 Å². The van der Waals surface area contributed by atoms with Gasteiger partial charge in [0, 0.05) is 11.5 Å². The van der Waals surface area contributed by atoms with Crippen molar-refractivity contribution in [3.63, 3.8) is 0 Å². The largest absolute Gasteiger partial charge is 0.468 e. The lowest BCUT2D eigenvalue weighted by Gasteiger charge is -2.22. The standard InChI is InChI=1S/C13H20BrNO/c1-3-7-15-10-4-6-13(2,9-10)12-11(14)5-8-16-12/h5,8,10,15H,3-4,6-7,9H2,1-2H3. The zero-order valence-corrected chi connectivity index (χ0v) is 11.6. The second-order valence-electron chi connectivity index (χ2n) is 5.05. The van der Waals surface area contributed by atoms with E-state index in [9.17, 15) is 0 Å². The summed E-state index contributed by atoms with van der Waals surface area (Å²) in [4.78, 5) is 0. The van der Waals surface area contributed by atoms with Gasteiger partial charge in [-0.15, -0.1) is 0 Å². The molecule has 0 saturated heterocycles. The van der Waals surface area contributed by atoms with Gasteiger partial charge in [-0.2, -0.15) is 0 Å². The molecule has 2 unspecified atom stereocenters. The lowest BCUT2D eigenvalue weighted by molar-refractivity contribution is 0.354. The van der Waals surface area contributed by atoms with Crippen molar-refractivity contribution in [2.24, 2.45) is 0 Å². The summed E-state index contributed by atoms with van der Waals surface area (Å²) < 4.78 is 6.75. The molecular weight excluding hydrogens is 266 g/mol. The Morgan fingerprint density at radius 2 is 2.44 bits per heavy atom. The molecule has 3 heteroatoms. The van der Waals surface area contributed by atoms with Crippen LogP contribution in [-0.4, -0.2) is 12.6 Å². The third-order valence-electron chi connectivity index (χ3n) is 3.59. The molecule has 2 atom stereocenters. The van der Waals surface area contributed by atoms with Crippen LogP contribution >= 0.6 is 15.9 Å². The molecule has 1 fully saturated rings. The predicted octanol–water partition coefficient (Wildman–Crippen LogP) is 3.85. The van der Waals surface area contributed by atoms with E-state index in [-0.39, 0.29) is 5.41 Å². The summed E-state index contributed by atoms with van der Waals surface area (Å²) in [6.07, 6.45) is 6.62. The van der Waals surface area contributed by atoms with Gasteiger partial charge in [0.2, 0.25) is 0 Å². The van der Waals surface area contributed by atoms with Crippen LogP contribution in [0.15, 0.2) is 21.2 Å². The maximum absolute atomic E-state index is 5.63. The zero-order valence-electron chi connectivity index (χ0n) is 10.1. The van der Waals surface area contributed by atoms with Gasteiger partial charge in [0.25, 0.3) is 0 Å². The molecule has 1 heterocycles. The van der Waals surface area contributed by atoms with E-state index < -0.39 is 0 Å². The minimum atomic E-state index is 0.202. The summed E-state index contributed by atoms with van der Waals surface area (Å²) in [5.41, 5.74) is 0.202. The van der Waals surface area contributed by atoms with E-state index in [0.29, 0.717) is 6.04 Å². The van der Waals surface area contributed by atoms with Crippen molar-refractivity contribution in [3.8, 4) is 0 Å². The monoisotopic (exact) mass is 285 g/mol. The van der Waals surface area contributed by atoms with Crippen molar-refractivity contribution >= 4 is 15.9 Å². The van der Waals surface area contributed by atoms with Gasteiger partial charge in [-0.3, -0.25) is 0 Å². The molecule has 2 rings (SSSR count). The maximum Gasteiger partial charge on any atom is 0.123 e. The van der Waals surface area contributed by atoms with Gasteiger partial charge >= 0.3 is 0 Å². The molecule has 1 saturated carbocycles. The average Bonchev–Trinajstić information content (AvgIpc) is 2.83. The van der Waals surface area contributed by atoms with Crippen molar-refractivity contribution in [2.45, 2.75) is 51.0 Å². The Morgan fingerprint density at radius 1 is 1.62 bits per heavy atom. The average molecular weight is 286 g/mol. The third-order valence-corrected chi connectivity index (χ3v) is 4.21. The van der Waals surface area contributed by atoms with E-state index in [1.165, 1.54) is 25.7 Å². The van der Waals surface area contributed by atoms with Crippen LogP contribution in [0.2, 0.25) is 0 Å². The summed E-state index contributed by atoms with van der Waals surface area (Å²) in [6, 6.07) is 2.65. The number of hydrogen-bond donors (Lipinski definition) is 1. The quantitative estimate of drug-likeness (QED) is 0.909. The highest BCUT2D eigenvalue weighted by molar-refractivity contribution is 9.10. The number of halogens is 1. The lowest BCUT2D eigenvalue weighted by atomic mass is 9.86. The minimum absolute atomic E-state index is 0.202. The molecular formula is C13H20BrNO. The van der Waals surface area contributed by atoms with Crippen LogP contribution in [0.4, 0.5) is 0 Å². The molecule has 0 bridgehead atoms. The Morgan fingerprint density at radius 3 is 3.06 bits per heavy atom. The van der Waals surface area contributed by atoms with E-state index in [1.807, 2.05) is 6.07 Å². The summed E-state index contributed by atoms with van der Waals surface area (Å²) in [7, 11) is 0. The SMILES string of the molecule is CCCNC1CCC(C)(c2occc2Br)C1. The summed E-state index contributed by atoms with van der Waals surface area (Å²) >= 11 is 3.57. The first-order valence-corrected chi connectivity index (χ1v) is 6.92. The third kappa shape index (κ3) is 2.35. The van der Waals surface area contributed by atoms with Crippen LogP contribution in [0.5, 0.6) is 0 Å². The molecule has 1 N–H and O–H groups in total. The smallest absolute Gasteiger partial charge is 0.123 e. The Bertz CT molecular complexity index is 349. The molecule has 1 aromatic rings. The Kier molecular flexibility index (Phi) is 3.75. The summed E-state index contributed by atoms with van der Waals surface area (Å²) in [5.74, 6) is 1.12. The first-order chi connectivity index (χ1) is 7.65. The highest BCUT2D eigenvalue weighted by atomic mass is 79.9. The van der Waals surface area contributed by atoms with Gasteiger partial charge in [0.1, 0.15) is 5.76 Å². The van der Waals surface area contributed by atoms with E-state index in [1.54, 1.807) is 6.26 Å². The van der Waals surface area contributed by atoms with E-state index in [0.717, 1.165) is 16.8 Å². The van der Waals surface area contributed by atoms with Crippen molar-refractivity contribution < 1.29 is 4.42 Å². The predicted molar refractivity (Wildman–Crippen MR) is 69.7 cm³/mol. The van der Waals surface area contributed by atoms with Crippen molar-refractivity contribution in [3.05, 3.63) is 22.6 Å². The molecule has 1 aliphatic carbocycles. The Hall–Kier alpha value is -0.280. The van der Waals surface area contributed by atoms with Crippen LogP contribution in [0.3, 0.4) is 0 Å². The Balaban J connectivity index is 2.03. The normalized spacial score (nSPS) is 29.8. The number of furan rings is 1. The second kappa shape index (κ2) is 4.92. The van der Waals surface area contributed by atoms with E-state index >= 15 is 0 Å². The van der Waals surface area contributed by atoms with Gasteiger partial charge in [-0.25, -0.2) is 0 Å². The van der Waals surface area contributed by atoms with Crippen LogP contribution in [0.25, 0.3) is 0 Å². The van der Waals surface area contributed by atoms with Crippen molar-refractivity contribution in [1.82, 2.24) is 5.32 Å². The molecule has 0 aromatic carbocycles. The molecule has 1 aliphatic rings. The number of hydrogen-bond acceptors (Lipinski definition) is 2. The van der Waals surface area contributed by atoms with Gasteiger partial charge in [0.15, 0.2) is 0 Å². The fraction of sp³-hybridized carbons (Fsp3) is 0.692. The van der Waals surface area contributed by atoms with Gasteiger partial charge in [0.05, 0.1) is 10.7 Å². The first-order valence-electron chi connectivity index (χ1n) is 6.12. The molecule has 0 radical (unpaired) electrons. The van der Waals surface area contributed by atoms with E-state index in [4.69, 9.17) is 4.42 Å². The van der Waals surface area contributed by atoms with Crippen LogP contribution in [0, 0.1) is 0 Å². The Labute approximate surface area is 106 Å². The fourth-order valence-electron chi connectivity index (χ4n) is 2.69. The zero-order chi connectivity index (χ0) is 11.6. The summed E-state index contributed by atoms with van der Waals surface area (Å²) in [6.45, 7) is 5.65. The summed E-state index contributed by atoms with van der Waals surface area (Å²) in [5, 5.41) is 3.61. The molecule has 16 heavy (non-hydrogen) atoms. The molecule has 0 spiro atoms. The van der Waals surface area contributed by atoms with Gasteiger partial charge in [-0.05, 0) is 54.2 Å².